The van der Waals surface area contributed by atoms with E-state index < -0.39 is 10.0 Å². The lowest BCUT2D eigenvalue weighted by Crippen LogP contribution is -2.48. The van der Waals surface area contributed by atoms with Gasteiger partial charge in [-0.15, -0.1) is 21.5 Å². The Bertz CT molecular complexity index is 855. The van der Waals surface area contributed by atoms with E-state index >= 15 is 0 Å². The Morgan fingerprint density at radius 3 is 2.60 bits per heavy atom. The standard InChI is InChI=1S/C15H20ClN5O2S2/c16-12-4-5-15(24-12)25(22,23)20-9-7-19(8-10-20)11-14-18-17-13-3-1-2-6-21(13)14/h4-5H,1-3,6-11H2. The van der Waals surface area contributed by atoms with Crippen LogP contribution < -0.4 is 0 Å². The van der Waals surface area contributed by atoms with Gasteiger partial charge in [-0.25, -0.2) is 8.42 Å². The number of hydrogen-bond donors (Lipinski definition) is 0. The van der Waals surface area contributed by atoms with Crippen molar-refractivity contribution in [3.63, 3.8) is 0 Å². The molecule has 1 fully saturated rings. The molecule has 2 aromatic heterocycles. The summed E-state index contributed by atoms with van der Waals surface area (Å²) in [7, 11) is -3.43. The van der Waals surface area contributed by atoms with Crippen LogP contribution in [0.5, 0.6) is 0 Å². The first-order valence-electron chi connectivity index (χ1n) is 8.43. The number of fused-ring (bicyclic) bond motifs is 1. The number of aromatic nitrogens is 3. The molecular weight excluding hydrogens is 382 g/mol. The summed E-state index contributed by atoms with van der Waals surface area (Å²) in [6.45, 7) is 4.08. The average molecular weight is 402 g/mol. The highest BCUT2D eigenvalue weighted by Crippen LogP contribution is 2.28. The molecule has 2 aliphatic rings. The molecule has 0 radical (unpaired) electrons. The molecule has 0 bridgehead atoms. The Balaban J connectivity index is 1.39. The van der Waals surface area contributed by atoms with Crippen LogP contribution in [-0.4, -0.2) is 58.6 Å². The quantitative estimate of drug-likeness (QED) is 0.781. The maximum Gasteiger partial charge on any atom is 0.252 e. The monoisotopic (exact) mass is 401 g/mol. The Hall–Kier alpha value is -1.00. The number of nitrogens with zero attached hydrogens (tertiary/aromatic N) is 5. The Labute approximate surface area is 156 Å². The topological polar surface area (TPSA) is 71.3 Å². The lowest BCUT2D eigenvalue weighted by molar-refractivity contribution is 0.175. The number of sulfonamides is 1. The van der Waals surface area contributed by atoms with Gasteiger partial charge in [0.15, 0.2) is 0 Å². The molecule has 1 saturated heterocycles. The summed E-state index contributed by atoms with van der Waals surface area (Å²) in [4.78, 5) is 2.25. The number of aryl methyl sites for hydroxylation is 1. The zero-order valence-electron chi connectivity index (χ0n) is 13.8. The van der Waals surface area contributed by atoms with Gasteiger partial charge in [-0.05, 0) is 25.0 Å². The molecule has 25 heavy (non-hydrogen) atoms. The van der Waals surface area contributed by atoms with Gasteiger partial charge in [0.05, 0.1) is 10.9 Å². The van der Waals surface area contributed by atoms with Crippen molar-refractivity contribution >= 4 is 33.0 Å². The maximum absolute atomic E-state index is 12.6. The zero-order valence-corrected chi connectivity index (χ0v) is 16.2. The van der Waals surface area contributed by atoms with Crippen molar-refractivity contribution in [1.82, 2.24) is 24.0 Å². The second-order valence-electron chi connectivity index (χ2n) is 6.38. The SMILES string of the molecule is O=S(=O)(c1ccc(Cl)s1)N1CCN(Cc2nnc3n2CCCC3)CC1. The van der Waals surface area contributed by atoms with Crippen molar-refractivity contribution < 1.29 is 8.42 Å². The molecule has 7 nitrogen and oxygen atoms in total. The Morgan fingerprint density at radius 1 is 1.08 bits per heavy atom. The van der Waals surface area contributed by atoms with Crippen molar-refractivity contribution in [2.24, 2.45) is 0 Å². The summed E-state index contributed by atoms with van der Waals surface area (Å²) in [6.07, 6.45) is 3.36. The van der Waals surface area contributed by atoms with Gasteiger partial charge in [0.2, 0.25) is 0 Å². The largest absolute Gasteiger partial charge is 0.314 e. The molecule has 4 rings (SSSR count). The van der Waals surface area contributed by atoms with E-state index in [-0.39, 0.29) is 0 Å². The van der Waals surface area contributed by atoms with Gasteiger partial charge in [-0.2, -0.15) is 4.31 Å². The molecule has 0 unspecified atom stereocenters. The van der Waals surface area contributed by atoms with E-state index in [0.29, 0.717) is 34.7 Å². The normalized spacial score (nSPS) is 19.9. The summed E-state index contributed by atoms with van der Waals surface area (Å²) >= 11 is 6.99. The second-order valence-corrected chi connectivity index (χ2v) is 10.3. The van der Waals surface area contributed by atoms with Crippen LogP contribution in [0.2, 0.25) is 4.34 Å². The molecule has 4 heterocycles. The summed E-state index contributed by atoms with van der Waals surface area (Å²) in [5.41, 5.74) is 0. The third-order valence-electron chi connectivity index (χ3n) is 4.78. The first-order chi connectivity index (χ1) is 12.0. The number of thiophene rings is 1. The minimum Gasteiger partial charge on any atom is -0.314 e. The predicted molar refractivity (Wildman–Crippen MR) is 96.3 cm³/mol. The van der Waals surface area contributed by atoms with Gasteiger partial charge in [-0.1, -0.05) is 11.6 Å². The van der Waals surface area contributed by atoms with Crippen LogP contribution in [0.15, 0.2) is 16.3 Å². The first kappa shape index (κ1) is 17.4. The van der Waals surface area contributed by atoms with E-state index in [1.807, 2.05) is 0 Å². The fourth-order valence-electron chi connectivity index (χ4n) is 3.38. The van der Waals surface area contributed by atoms with E-state index in [1.54, 1.807) is 16.4 Å². The summed E-state index contributed by atoms with van der Waals surface area (Å²) in [5, 5.41) is 8.62. The molecule has 10 heteroatoms. The lowest BCUT2D eigenvalue weighted by atomic mass is 10.1. The van der Waals surface area contributed by atoms with Gasteiger partial charge in [0, 0.05) is 39.1 Å². The van der Waals surface area contributed by atoms with Crippen molar-refractivity contribution in [1.29, 1.82) is 0 Å². The zero-order chi connectivity index (χ0) is 17.4. The van der Waals surface area contributed by atoms with E-state index in [1.165, 1.54) is 12.8 Å². The number of halogens is 1. The molecule has 136 valence electrons. The van der Waals surface area contributed by atoms with Crippen molar-refractivity contribution in [2.75, 3.05) is 26.2 Å². The van der Waals surface area contributed by atoms with Crippen LogP contribution in [0.25, 0.3) is 0 Å². The van der Waals surface area contributed by atoms with Crippen molar-refractivity contribution in [2.45, 2.75) is 36.6 Å². The third-order valence-corrected chi connectivity index (χ3v) is 8.37. The average Bonchev–Trinajstić information content (AvgIpc) is 3.23. The van der Waals surface area contributed by atoms with Crippen molar-refractivity contribution in [3.05, 3.63) is 28.1 Å². The second kappa shape index (κ2) is 6.96. The van der Waals surface area contributed by atoms with E-state index in [0.717, 1.165) is 42.5 Å². The van der Waals surface area contributed by atoms with Gasteiger partial charge >= 0.3 is 0 Å². The molecular formula is C15H20ClN5O2S2. The molecule has 0 saturated carbocycles. The van der Waals surface area contributed by atoms with E-state index in [2.05, 4.69) is 19.7 Å². The van der Waals surface area contributed by atoms with E-state index in [9.17, 15) is 8.42 Å². The van der Waals surface area contributed by atoms with Crippen LogP contribution in [0.1, 0.15) is 24.5 Å². The minimum absolute atomic E-state index is 0.317. The summed E-state index contributed by atoms with van der Waals surface area (Å²) < 4.78 is 29.9. The molecule has 0 amide bonds. The smallest absolute Gasteiger partial charge is 0.252 e. The molecule has 0 N–H and O–H groups in total. The van der Waals surface area contributed by atoms with Gasteiger partial charge in [0.25, 0.3) is 10.0 Å². The molecule has 0 spiro atoms. The van der Waals surface area contributed by atoms with E-state index in [4.69, 9.17) is 11.6 Å². The fourth-order valence-corrected chi connectivity index (χ4v) is 6.44. The van der Waals surface area contributed by atoms with Gasteiger partial charge in [0.1, 0.15) is 15.9 Å². The fraction of sp³-hybridized carbons (Fsp3) is 0.600. The minimum atomic E-state index is -3.43. The molecule has 0 aliphatic carbocycles. The van der Waals surface area contributed by atoms with Crippen LogP contribution in [0.4, 0.5) is 0 Å². The maximum atomic E-state index is 12.6. The lowest BCUT2D eigenvalue weighted by Gasteiger charge is -2.33. The molecule has 2 aromatic rings. The Kier molecular flexibility index (Phi) is 4.85. The van der Waals surface area contributed by atoms with Crippen molar-refractivity contribution in [3.8, 4) is 0 Å². The Morgan fingerprint density at radius 2 is 1.88 bits per heavy atom. The predicted octanol–water partition coefficient (Wildman–Crippen LogP) is 1.84. The summed E-state index contributed by atoms with van der Waals surface area (Å²) in [5.74, 6) is 2.08. The molecule has 2 aliphatic heterocycles. The summed E-state index contributed by atoms with van der Waals surface area (Å²) in [6, 6.07) is 3.21. The first-order valence-corrected chi connectivity index (χ1v) is 11.1. The van der Waals surface area contributed by atoms with Crippen LogP contribution in [0, 0.1) is 0 Å². The van der Waals surface area contributed by atoms with Gasteiger partial charge < -0.3 is 4.57 Å². The number of rotatable bonds is 4. The molecule has 0 aromatic carbocycles. The number of hydrogen-bond acceptors (Lipinski definition) is 6. The van der Waals surface area contributed by atoms with Crippen LogP contribution >= 0.6 is 22.9 Å². The highest BCUT2D eigenvalue weighted by atomic mass is 35.5. The highest BCUT2D eigenvalue weighted by Gasteiger charge is 2.30. The van der Waals surface area contributed by atoms with Gasteiger partial charge in [-0.3, -0.25) is 4.90 Å². The number of piperazine rings is 1. The van der Waals surface area contributed by atoms with Crippen LogP contribution in [-0.2, 0) is 29.5 Å². The third kappa shape index (κ3) is 3.48. The molecule has 0 atom stereocenters. The highest BCUT2D eigenvalue weighted by molar-refractivity contribution is 7.91. The van der Waals surface area contributed by atoms with Crippen LogP contribution in [0.3, 0.4) is 0 Å².